The minimum Gasteiger partial charge on any atom is -0.395 e. The molecule has 1 N–H and O–H groups in total. The third-order valence-corrected chi connectivity index (χ3v) is 4.61. The normalized spacial score (nSPS) is 23.6. The molecule has 3 nitrogen and oxygen atoms in total. The Labute approximate surface area is 126 Å². The van der Waals surface area contributed by atoms with Crippen molar-refractivity contribution in [3.05, 3.63) is 35.4 Å². The Hall–Kier alpha value is -1.79. The molecular weight excluding hydrogens is 262 g/mol. The zero-order valence-corrected chi connectivity index (χ0v) is 12.2. The maximum atomic E-state index is 12.5. The van der Waals surface area contributed by atoms with E-state index in [0.717, 1.165) is 36.1 Å². The molecule has 110 valence electrons. The van der Waals surface area contributed by atoms with E-state index < -0.39 is 0 Å². The monoisotopic (exact) mass is 283 g/mol. The fraction of sp³-hybridized carbons (Fsp3) is 0.500. The Bertz CT molecular complexity index is 555. The van der Waals surface area contributed by atoms with E-state index >= 15 is 0 Å². The number of hydrogen-bond acceptors (Lipinski definition) is 2. The Morgan fingerprint density at radius 2 is 1.86 bits per heavy atom. The van der Waals surface area contributed by atoms with E-state index in [1.807, 2.05) is 29.2 Å². The van der Waals surface area contributed by atoms with E-state index in [1.165, 1.54) is 19.3 Å². The van der Waals surface area contributed by atoms with E-state index in [0.29, 0.717) is 6.42 Å². The molecule has 1 aliphatic heterocycles. The summed E-state index contributed by atoms with van der Waals surface area (Å²) >= 11 is 0. The number of hydrogen-bond donors (Lipinski definition) is 1. The van der Waals surface area contributed by atoms with Gasteiger partial charge in [-0.2, -0.15) is 0 Å². The van der Waals surface area contributed by atoms with Gasteiger partial charge < -0.3 is 10.0 Å². The summed E-state index contributed by atoms with van der Waals surface area (Å²) in [5.74, 6) is 7.49. The van der Waals surface area contributed by atoms with Gasteiger partial charge in [0.1, 0.15) is 0 Å². The highest BCUT2D eigenvalue weighted by Crippen LogP contribution is 2.38. The van der Waals surface area contributed by atoms with Crippen LogP contribution in [0.25, 0.3) is 0 Å². The minimum absolute atomic E-state index is 0.0842. The summed E-state index contributed by atoms with van der Waals surface area (Å²) in [7, 11) is 0. The molecular formula is C18H21NO2. The van der Waals surface area contributed by atoms with Gasteiger partial charge in [-0.15, -0.1) is 0 Å². The number of nitrogens with zero attached hydrogens (tertiary/aromatic N) is 1. The third-order valence-electron chi connectivity index (χ3n) is 4.61. The molecule has 3 rings (SSSR count). The quantitative estimate of drug-likeness (QED) is 0.846. The number of aliphatic hydroxyl groups is 1. The molecule has 2 atom stereocenters. The standard InChI is InChI=1S/C18H21NO2/c20-11-2-1-4-14-7-9-15(10-8-14)18(21)19-12-16-5-3-6-17(16)13-19/h7-10,16-17,20H,2-3,5-6,11-13H2. The van der Waals surface area contributed by atoms with E-state index in [1.54, 1.807) is 0 Å². The summed E-state index contributed by atoms with van der Waals surface area (Å²) in [6.45, 7) is 1.95. The van der Waals surface area contributed by atoms with Crippen LogP contribution in [0.15, 0.2) is 24.3 Å². The molecule has 1 saturated heterocycles. The van der Waals surface area contributed by atoms with Crippen LogP contribution >= 0.6 is 0 Å². The van der Waals surface area contributed by atoms with Crippen LogP contribution in [0, 0.1) is 23.7 Å². The number of benzene rings is 1. The maximum Gasteiger partial charge on any atom is 0.253 e. The van der Waals surface area contributed by atoms with Crippen molar-refractivity contribution in [2.45, 2.75) is 25.7 Å². The first kappa shape index (κ1) is 14.2. The van der Waals surface area contributed by atoms with Gasteiger partial charge in [0.2, 0.25) is 0 Å². The average molecular weight is 283 g/mol. The van der Waals surface area contributed by atoms with E-state index in [2.05, 4.69) is 11.8 Å². The molecule has 0 spiro atoms. The summed E-state index contributed by atoms with van der Waals surface area (Å²) in [6, 6.07) is 7.49. The van der Waals surface area contributed by atoms with Crippen LogP contribution in [0.1, 0.15) is 41.6 Å². The van der Waals surface area contributed by atoms with Gasteiger partial charge in [-0.1, -0.05) is 18.3 Å². The Balaban J connectivity index is 1.64. The first-order valence-corrected chi connectivity index (χ1v) is 7.77. The van der Waals surface area contributed by atoms with Crippen LogP contribution in [-0.4, -0.2) is 35.6 Å². The largest absolute Gasteiger partial charge is 0.395 e. The second kappa shape index (κ2) is 6.32. The van der Waals surface area contributed by atoms with Crippen LogP contribution < -0.4 is 0 Å². The van der Waals surface area contributed by atoms with Crippen LogP contribution in [0.3, 0.4) is 0 Å². The molecule has 0 bridgehead atoms. The van der Waals surface area contributed by atoms with E-state index in [9.17, 15) is 4.79 Å². The number of amides is 1. The lowest BCUT2D eigenvalue weighted by Gasteiger charge is -2.17. The van der Waals surface area contributed by atoms with Crippen molar-refractivity contribution in [2.24, 2.45) is 11.8 Å². The van der Waals surface area contributed by atoms with Gasteiger partial charge in [0.15, 0.2) is 0 Å². The number of aliphatic hydroxyl groups excluding tert-OH is 1. The Morgan fingerprint density at radius 1 is 1.19 bits per heavy atom. The maximum absolute atomic E-state index is 12.5. The van der Waals surface area contributed by atoms with Crippen LogP contribution in [-0.2, 0) is 0 Å². The SMILES string of the molecule is O=C(c1ccc(C#CCCO)cc1)N1CC2CCCC2C1. The minimum atomic E-state index is 0.0842. The second-order valence-electron chi connectivity index (χ2n) is 6.01. The zero-order chi connectivity index (χ0) is 14.7. The van der Waals surface area contributed by atoms with Crippen molar-refractivity contribution < 1.29 is 9.90 Å². The second-order valence-corrected chi connectivity index (χ2v) is 6.01. The topological polar surface area (TPSA) is 40.5 Å². The third kappa shape index (κ3) is 3.11. The molecule has 1 amide bonds. The average Bonchev–Trinajstić information content (AvgIpc) is 3.09. The summed E-state index contributed by atoms with van der Waals surface area (Å²) < 4.78 is 0. The molecule has 2 aliphatic rings. The van der Waals surface area contributed by atoms with Gasteiger partial charge in [0.05, 0.1) is 6.61 Å². The Kier molecular flexibility index (Phi) is 4.26. The van der Waals surface area contributed by atoms with E-state index in [-0.39, 0.29) is 12.5 Å². The lowest BCUT2D eigenvalue weighted by atomic mass is 10.0. The molecule has 1 aromatic carbocycles. The summed E-state index contributed by atoms with van der Waals surface area (Å²) in [4.78, 5) is 14.5. The van der Waals surface area contributed by atoms with Crippen LogP contribution in [0.2, 0.25) is 0 Å². The van der Waals surface area contributed by atoms with Gasteiger partial charge in [-0.05, 0) is 48.9 Å². The zero-order valence-electron chi connectivity index (χ0n) is 12.2. The smallest absolute Gasteiger partial charge is 0.253 e. The van der Waals surface area contributed by atoms with Gasteiger partial charge in [0, 0.05) is 30.6 Å². The van der Waals surface area contributed by atoms with Gasteiger partial charge in [0.25, 0.3) is 5.91 Å². The molecule has 2 unspecified atom stereocenters. The highest BCUT2D eigenvalue weighted by atomic mass is 16.2. The summed E-state index contributed by atoms with van der Waals surface area (Å²) in [6.07, 6.45) is 4.39. The lowest BCUT2D eigenvalue weighted by Crippen LogP contribution is -2.29. The van der Waals surface area contributed by atoms with Crippen LogP contribution in [0.5, 0.6) is 0 Å². The molecule has 0 aromatic heterocycles. The lowest BCUT2D eigenvalue weighted by molar-refractivity contribution is 0.0780. The summed E-state index contributed by atoms with van der Waals surface area (Å²) in [5, 5.41) is 8.70. The highest BCUT2D eigenvalue weighted by molar-refractivity contribution is 5.94. The predicted octanol–water partition coefficient (Wildman–Crippen LogP) is 2.29. The van der Waals surface area contributed by atoms with Crippen LogP contribution in [0.4, 0.5) is 0 Å². The van der Waals surface area contributed by atoms with Gasteiger partial charge in [-0.25, -0.2) is 0 Å². The van der Waals surface area contributed by atoms with Crippen molar-refractivity contribution >= 4 is 5.91 Å². The number of likely N-dealkylation sites (tertiary alicyclic amines) is 1. The molecule has 1 heterocycles. The number of rotatable bonds is 2. The highest BCUT2D eigenvalue weighted by Gasteiger charge is 2.38. The van der Waals surface area contributed by atoms with Crippen molar-refractivity contribution in [2.75, 3.05) is 19.7 Å². The molecule has 0 radical (unpaired) electrons. The fourth-order valence-corrected chi connectivity index (χ4v) is 3.50. The fourth-order valence-electron chi connectivity index (χ4n) is 3.50. The molecule has 1 saturated carbocycles. The van der Waals surface area contributed by atoms with Crippen molar-refractivity contribution in [1.29, 1.82) is 0 Å². The summed E-state index contributed by atoms with van der Waals surface area (Å²) in [5.41, 5.74) is 1.64. The molecule has 1 aliphatic carbocycles. The van der Waals surface area contributed by atoms with Crippen molar-refractivity contribution in [1.82, 2.24) is 4.90 Å². The first-order valence-electron chi connectivity index (χ1n) is 7.77. The Morgan fingerprint density at radius 3 is 2.48 bits per heavy atom. The van der Waals surface area contributed by atoms with E-state index in [4.69, 9.17) is 5.11 Å². The first-order chi connectivity index (χ1) is 10.3. The number of carbonyl (C=O) groups is 1. The molecule has 2 fully saturated rings. The van der Waals surface area contributed by atoms with Gasteiger partial charge in [-0.3, -0.25) is 4.79 Å². The van der Waals surface area contributed by atoms with Crippen molar-refractivity contribution in [3.63, 3.8) is 0 Å². The molecule has 21 heavy (non-hydrogen) atoms. The van der Waals surface area contributed by atoms with Gasteiger partial charge >= 0.3 is 0 Å². The van der Waals surface area contributed by atoms with Crippen molar-refractivity contribution in [3.8, 4) is 11.8 Å². The molecule has 1 aromatic rings. The predicted molar refractivity (Wildman–Crippen MR) is 81.8 cm³/mol. The number of carbonyl (C=O) groups excluding carboxylic acids is 1. The number of fused-ring (bicyclic) bond motifs is 1. The molecule has 3 heteroatoms.